The molecule has 7 nitrogen and oxygen atoms in total. The first kappa shape index (κ1) is 14.9. The van der Waals surface area contributed by atoms with Gasteiger partial charge in [-0.25, -0.2) is 14.6 Å². The van der Waals surface area contributed by atoms with Crippen LogP contribution in [0.25, 0.3) is 0 Å². The van der Waals surface area contributed by atoms with Gasteiger partial charge in [0.1, 0.15) is 5.01 Å². The number of carboxylic acids is 1. The summed E-state index contributed by atoms with van der Waals surface area (Å²) in [5.74, 6) is -1.08. The lowest BCUT2D eigenvalue weighted by molar-refractivity contribution is 0.0691. The minimum Gasteiger partial charge on any atom is -0.476 e. The number of nitrogens with zero attached hydrogens (tertiary/aromatic N) is 2. The first-order valence-corrected chi connectivity index (χ1v) is 7.02. The standard InChI is InChI=1S/C13H14N4O3S/c1-7-3-4-9(5-14-7)16-13(20)15-8(2)11-17-10(6-21-11)12(18)19/h3-6,8H,1-2H3,(H,18,19)(H2,15,16,20). The maximum atomic E-state index is 11.8. The van der Waals surface area contributed by atoms with Crippen molar-refractivity contribution in [2.45, 2.75) is 19.9 Å². The lowest BCUT2D eigenvalue weighted by Gasteiger charge is -2.12. The summed E-state index contributed by atoms with van der Waals surface area (Å²) in [5.41, 5.74) is 1.42. The molecular formula is C13H14N4O3S. The molecule has 2 aromatic heterocycles. The lowest BCUT2D eigenvalue weighted by Crippen LogP contribution is -2.31. The number of pyridine rings is 1. The Morgan fingerprint density at radius 2 is 2.14 bits per heavy atom. The number of rotatable bonds is 4. The van der Waals surface area contributed by atoms with Crippen molar-refractivity contribution in [1.29, 1.82) is 0 Å². The van der Waals surface area contributed by atoms with Gasteiger partial charge < -0.3 is 15.7 Å². The number of urea groups is 1. The molecule has 0 radical (unpaired) electrons. The van der Waals surface area contributed by atoms with Crippen molar-refractivity contribution in [1.82, 2.24) is 15.3 Å². The number of carbonyl (C=O) groups is 2. The molecule has 2 aromatic rings. The molecule has 0 spiro atoms. The van der Waals surface area contributed by atoms with E-state index in [1.807, 2.05) is 6.92 Å². The Labute approximate surface area is 125 Å². The van der Waals surface area contributed by atoms with Crippen LogP contribution >= 0.6 is 11.3 Å². The van der Waals surface area contributed by atoms with Crippen molar-refractivity contribution in [3.8, 4) is 0 Å². The van der Waals surface area contributed by atoms with E-state index in [-0.39, 0.29) is 11.7 Å². The van der Waals surface area contributed by atoms with E-state index in [0.717, 1.165) is 5.69 Å². The Hall–Kier alpha value is -2.48. The first-order valence-electron chi connectivity index (χ1n) is 6.14. The third-order valence-corrected chi connectivity index (χ3v) is 3.66. The number of carbonyl (C=O) groups excluding carboxylic acids is 1. The smallest absolute Gasteiger partial charge is 0.355 e. The van der Waals surface area contributed by atoms with Crippen molar-refractivity contribution in [2.75, 3.05) is 5.32 Å². The highest BCUT2D eigenvalue weighted by Gasteiger charge is 2.15. The van der Waals surface area contributed by atoms with E-state index >= 15 is 0 Å². The molecule has 0 saturated carbocycles. The van der Waals surface area contributed by atoms with Gasteiger partial charge in [-0.15, -0.1) is 11.3 Å². The fourth-order valence-electron chi connectivity index (χ4n) is 1.55. The number of aromatic nitrogens is 2. The van der Waals surface area contributed by atoms with Gasteiger partial charge in [0.15, 0.2) is 5.69 Å². The minimum atomic E-state index is -1.08. The van der Waals surface area contributed by atoms with Crippen LogP contribution in [0.15, 0.2) is 23.7 Å². The SMILES string of the molecule is Cc1ccc(NC(=O)NC(C)c2nc(C(=O)O)cs2)cn1. The second kappa shape index (κ2) is 6.31. The molecule has 0 bridgehead atoms. The molecule has 2 rings (SSSR count). The number of aryl methyl sites for hydroxylation is 1. The summed E-state index contributed by atoms with van der Waals surface area (Å²) in [6.07, 6.45) is 1.56. The first-order chi connectivity index (χ1) is 9.95. The Bertz CT molecular complexity index is 654. The van der Waals surface area contributed by atoms with Gasteiger partial charge in [0, 0.05) is 11.1 Å². The fraction of sp³-hybridized carbons (Fsp3) is 0.231. The second-order valence-electron chi connectivity index (χ2n) is 4.38. The van der Waals surface area contributed by atoms with Crippen LogP contribution in [0, 0.1) is 6.92 Å². The zero-order chi connectivity index (χ0) is 15.4. The third-order valence-electron chi connectivity index (χ3n) is 2.63. The molecule has 0 aliphatic carbocycles. The van der Waals surface area contributed by atoms with E-state index in [2.05, 4.69) is 20.6 Å². The zero-order valence-electron chi connectivity index (χ0n) is 11.5. The maximum Gasteiger partial charge on any atom is 0.355 e. The number of amides is 2. The van der Waals surface area contributed by atoms with E-state index < -0.39 is 12.0 Å². The molecule has 1 atom stereocenters. The van der Waals surface area contributed by atoms with Crippen LogP contribution in [-0.2, 0) is 0 Å². The number of hydrogen-bond acceptors (Lipinski definition) is 5. The third kappa shape index (κ3) is 3.99. The predicted octanol–water partition coefficient (Wildman–Crippen LogP) is 2.43. The molecule has 0 aliphatic heterocycles. The molecule has 0 aromatic carbocycles. The van der Waals surface area contributed by atoms with E-state index in [9.17, 15) is 9.59 Å². The normalized spacial score (nSPS) is 11.7. The summed E-state index contributed by atoms with van der Waals surface area (Å²) in [5, 5.41) is 16.1. The molecule has 1 unspecified atom stereocenters. The fourth-order valence-corrected chi connectivity index (χ4v) is 2.35. The van der Waals surface area contributed by atoms with Crippen molar-refractivity contribution in [3.05, 3.63) is 40.1 Å². The van der Waals surface area contributed by atoms with Gasteiger partial charge in [0.25, 0.3) is 0 Å². The Kier molecular flexibility index (Phi) is 4.49. The Morgan fingerprint density at radius 3 is 2.71 bits per heavy atom. The Balaban J connectivity index is 1.95. The van der Waals surface area contributed by atoms with E-state index in [1.54, 1.807) is 25.3 Å². The van der Waals surface area contributed by atoms with Crippen LogP contribution in [0.2, 0.25) is 0 Å². The summed E-state index contributed by atoms with van der Waals surface area (Å²) >= 11 is 1.19. The summed E-state index contributed by atoms with van der Waals surface area (Å²) in [7, 11) is 0. The highest BCUT2D eigenvalue weighted by molar-refractivity contribution is 7.09. The highest BCUT2D eigenvalue weighted by Crippen LogP contribution is 2.18. The molecule has 0 fully saturated rings. The van der Waals surface area contributed by atoms with E-state index in [4.69, 9.17) is 5.11 Å². The van der Waals surface area contributed by atoms with E-state index in [0.29, 0.717) is 10.7 Å². The number of carboxylic acid groups (broad SMARTS) is 1. The summed E-state index contributed by atoms with van der Waals surface area (Å²) in [6.45, 7) is 3.59. The highest BCUT2D eigenvalue weighted by atomic mass is 32.1. The molecule has 110 valence electrons. The lowest BCUT2D eigenvalue weighted by atomic mass is 10.3. The number of thiazole rings is 1. The van der Waals surface area contributed by atoms with E-state index in [1.165, 1.54) is 16.7 Å². The van der Waals surface area contributed by atoms with Gasteiger partial charge in [0.2, 0.25) is 0 Å². The molecule has 3 N–H and O–H groups in total. The summed E-state index contributed by atoms with van der Waals surface area (Å²) in [6, 6.07) is 2.75. The van der Waals surface area contributed by atoms with Gasteiger partial charge in [-0.1, -0.05) is 0 Å². The van der Waals surface area contributed by atoms with Crippen molar-refractivity contribution in [3.63, 3.8) is 0 Å². The average Bonchev–Trinajstić information content (AvgIpc) is 2.91. The molecule has 2 amide bonds. The number of aromatic carboxylic acids is 1. The summed E-state index contributed by atoms with van der Waals surface area (Å²) < 4.78 is 0. The topological polar surface area (TPSA) is 104 Å². The van der Waals surface area contributed by atoms with Gasteiger partial charge in [0.05, 0.1) is 17.9 Å². The number of anilines is 1. The van der Waals surface area contributed by atoms with Crippen LogP contribution in [0.1, 0.15) is 34.2 Å². The number of nitrogens with one attached hydrogen (secondary N) is 2. The maximum absolute atomic E-state index is 11.8. The number of hydrogen-bond donors (Lipinski definition) is 3. The second-order valence-corrected chi connectivity index (χ2v) is 5.27. The largest absolute Gasteiger partial charge is 0.476 e. The molecule has 2 heterocycles. The summed E-state index contributed by atoms with van der Waals surface area (Å²) in [4.78, 5) is 30.6. The monoisotopic (exact) mass is 306 g/mol. The van der Waals surface area contributed by atoms with Crippen LogP contribution in [0.5, 0.6) is 0 Å². The van der Waals surface area contributed by atoms with Crippen molar-refractivity contribution >= 4 is 29.0 Å². The van der Waals surface area contributed by atoms with Gasteiger partial charge in [-0.3, -0.25) is 4.98 Å². The molecule has 0 saturated heterocycles. The predicted molar refractivity (Wildman–Crippen MR) is 78.6 cm³/mol. The van der Waals surface area contributed by atoms with Crippen molar-refractivity contribution in [2.24, 2.45) is 0 Å². The van der Waals surface area contributed by atoms with Gasteiger partial charge in [-0.2, -0.15) is 0 Å². The zero-order valence-corrected chi connectivity index (χ0v) is 12.3. The van der Waals surface area contributed by atoms with Crippen molar-refractivity contribution < 1.29 is 14.7 Å². The molecule has 8 heteroatoms. The van der Waals surface area contributed by atoms with Crippen LogP contribution in [0.4, 0.5) is 10.5 Å². The van der Waals surface area contributed by atoms with Gasteiger partial charge in [-0.05, 0) is 26.0 Å². The van der Waals surface area contributed by atoms with Gasteiger partial charge >= 0.3 is 12.0 Å². The molecular weight excluding hydrogens is 292 g/mol. The minimum absolute atomic E-state index is 0.0215. The van der Waals surface area contributed by atoms with Crippen LogP contribution in [-0.4, -0.2) is 27.1 Å². The Morgan fingerprint density at radius 1 is 1.38 bits per heavy atom. The molecule has 0 aliphatic rings. The molecule has 21 heavy (non-hydrogen) atoms. The van der Waals surface area contributed by atoms with Crippen LogP contribution in [0.3, 0.4) is 0 Å². The average molecular weight is 306 g/mol. The van der Waals surface area contributed by atoms with Crippen LogP contribution < -0.4 is 10.6 Å². The quantitative estimate of drug-likeness (QED) is 0.804.